The monoisotopic (exact) mass is 453 g/mol. The second-order valence-corrected chi connectivity index (χ2v) is 8.83. The molecule has 0 heterocycles. The van der Waals surface area contributed by atoms with Gasteiger partial charge in [-0.25, -0.2) is 13.8 Å². The first kappa shape index (κ1) is 22.8. The van der Waals surface area contributed by atoms with E-state index in [1.165, 1.54) is 6.07 Å². The van der Waals surface area contributed by atoms with Gasteiger partial charge in [0.2, 0.25) is 10.0 Å². The van der Waals surface area contributed by atoms with Gasteiger partial charge in [0.05, 0.1) is 17.7 Å². The fraction of sp³-hybridized carbons (Fsp3) is 0.130. The van der Waals surface area contributed by atoms with Crippen molar-refractivity contribution >= 4 is 27.3 Å². The zero-order valence-corrected chi connectivity index (χ0v) is 18.4. The van der Waals surface area contributed by atoms with Crippen molar-refractivity contribution in [1.82, 2.24) is 5.43 Å². The van der Waals surface area contributed by atoms with Gasteiger partial charge in [0.25, 0.3) is 5.91 Å². The van der Waals surface area contributed by atoms with E-state index in [1.807, 2.05) is 18.2 Å². The molecule has 3 rings (SSSR count). The van der Waals surface area contributed by atoms with Gasteiger partial charge in [0.1, 0.15) is 23.8 Å². The van der Waals surface area contributed by atoms with Crippen LogP contribution in [0.3, 0.4) is 0 Å². The number of nitrogens with zero attached hydrogens (tertiary/aromatic N) is 2. The molecule has 0 aromatic heterocycles. The Labute approximate surface area is 186 Å². The molecular formula is C23H23N3O5S. The van der Waals surface area contributed by atoms with Gasteiger partial charge < -0.3 is 9.84 Å². The summed E-state index contributed by atoms with van der Waals surface area (Å²) in [6, 6.07) is 22.1. The van der Waals surface area contributed by atoms with E-state index in [1.54, 1.807) is 61.5 Å². The molecule has 2 N–H and O–H groups in total. The lowest BCUT2D eigenvalue weighted by molar-refractivity contribution is -0.119. The van der Waals surface area contributed by atoms with E-state index in [-0.39, 0.29) is 5.75 Å². The lowest BCUT2D eigenvalue weighted by Gasteiger charge is -2.21. The summed E-state index contributed by atoms with van der Waals surface area (Å²) in [6.45, 7) is 1.16. The SMILES string of the molecule is C/C(=N\NC(=O)CN(c1ccc(Oc2ccccc2)cc1)S(C)(=O)=O)c1ccccc1O. The topological polar surface area (TPSA) is 108 Å². The van der Waals surface area contributed by atoms with E-state index in [4.69, 9.17) is 4.74 Å². The molecule has 0 atom stereocenters. The summed E-state index contributed by atoms with van der Waals surface area (Å²) in [7, 11) is -3.74. The Morgan fingerprint density at radius 3 is 2.19 bits per heavy atom. The van der Waals surface area contributed by atoms with Crippen LogP contribution in [0.25, 0.3) is 0 Å². The molecule has 3 aromatic carbocycles. The van der Waals surface area contributed by atoms with E-state index in [9.17, 15) is 18.3 Å². The van der Waals surface area contributed by atoms with E-state index in [0.29, 0.717) is 28.5 Å². The number of hydrazone groups is 1. The molecule has 0 unspecified atom stereocenters. The van der Waals surface area contributed by atoms with Crippen molar-refractivity contribution in [3.8, 4) is 17.2 Å². The number of sulfonamides is 1. The Morgan fingerprint density at radius 2 is 1.56 bits per heavy atom. The number of rotatable bonds is 8. The Hall–Kier alpha value is -3.85. The molecule has 0 aliphatic heterocycles. The average molecular weight is 454 g/mol. The van der Waals surface area contributed by atoms with Crippen LogP contribution in [-0.4, -0.2) is 37.9 Å². The van der Waals surface area contributed by atoms with Gasteiger partial charge in [0, 0.05) is 5.56 Å². The summed E-state index contributed by atoms with van der Waals surface area (Å²) >= 11 is 0. The molecule has 8 nitrogen and oxygen atoms in total. The van der Waals surface area contributed by atoms with E-state index >= 15 is 0 Å². The maximum Gasteiger partial charge on any atom is 0.260 e. The zero-order valence-electron chi connectivity index (χ0n) is 17.6. The van der Waals surface area contributed by atoms with Gasteiger partial charge in [-0.3, -0.25) is 9.10 Å². The van der Waals surface area contributed by atoms with E-state index in [0.717, 1.165) is 10.6 Å². The first-order chi connectivity index (χ1) is 15.2. The number of carbonyl (C=O) groups excluding carboxylic acids is 1. The number of aromatic hydroxyl groups is 1. The third-order valence-corrected chi connectivity index (χ3v) is 5.57. The van der Waals surface area contributed by atoms with Crippen LogP contribution in [0.5, 0.6) is 17.2 Å². The second-order valence-electron chi connectivity index (χ2n) is 6.93. The normalized spacial score (nSPS) is 11.6. The van der Waals surface area contributed by atoms with Crippen molar-refractivity contribution in [2.75, 3.05) is 17.1 Å². The Bertz CT molecular complexity index is 1210. The highest BCUT2D eigenvalue weighted by atomic mass is 32.2. The maximum absolute atomic E-state index is 12.4. The van der Waals surface area contributed by atoms with Crippen LogP contribution >= 0.6 is 0 Å². The lowest BCUT2D eigenvalue weighted by Crippen LogP contribution is -2.39. The Kier molecular flexibility index (Phi) is 7.11. The fourth-order valence-electron chi connectivity index (χ4n) is 2.86. The third-order valence-electron chi connectivity index (χ3n) is 4.43. The minimum atomic E-state index is -3.74. The standard InChI is InChI=1S/C23H23N3O5S/c1-17(21-10-6-7-11-22(21)27)24-25-23(28)16-26(32(2,29)30)18-12-14-20(15-13-18)31-19-8-4-3-5-9-19/h3-15,27H,16H2,1-2H3,(H,25,28)/b24-17+. The minimum Gasteiger partial charge on any atom is -0.507 e. The number of benzene rings is 3. The number of phenolic OH excluding ortho intramolecular Hbond substituents is 1. The molecule has 0 spiro atoms. The molecule has 0 aliphatic rings. The molecule has 0 bridgehead atoms. The molecule has 0 fully saturated rings. The molecule has 0 radical (unpaired) electrons. The van der Waals surface area contributed by atoms with Crippen molar-refractivity contribution in [3.63, 3.8) is 0 Å². The number of ether oxygens (including phenoxy) is 1. The largest absolute Gasteiger partial charge is 0.507 e. The third kappa shape index (κ3) is 6.08. The van der Waals surface area contributed by atoms with Crippen LogP contribution in [0.1, 0.15) is 12.5 Å². The average Bonchev–Trinajstić information content (AvgIpc) is 2.77. The minimum absolute atomic E-state index is 0.0265. The van der Waals surface area contributed by atoms with Crippen molar-refractivity contribution in [2.24, 2.45) is 5.10 Å². The summed E-state index contributed by atoms with van der Waals surface area (Å²) < 4.78 is 31.3. The Morgan fingerprint density at radius 1 is 0.969 bits per heavy atom. The van der Waals surface area contributed by atoms with Crippen molar-refractivity contribution in [3.05, 3.63) is 84.4 Å². The smallest absolute Gasteiger partial charge is 0.260 e. The van der Waals surface area contributed by atoms with Crippen LogP contribution in [0.4, 0.5) is 5.69 Å². The molecule has 9 heteroatoms. The number of nitrogens with one attached hydrogen (secondary N) is 1. The fourth-order valence-corrected chi connectivity index (χ4v) is 3.71. The summed E-state index contributed by atoms with van der Waals surface area (Å²) in [5, 5.41) is 13.8. The summed E-state index contributed by atoms with van der Waals surface area (Å²) in [6.07, 6.45) is 1.02. The molecule has 1 amide bonds. The summed E-state index contributed by atoms with van der Waals surface area (Å²) in [4.78, 5) is 12.4. The van der Waals surface area contributed by atoms with Crippen LogP contribution in [0.2, 0.25) is 0 Å². The quantitative estimate of drug-likeness (QED) is 0.401. The molecule has 0 saturated heterocycles. The number of amides is 1. The highest BCUT2D eigenvalue weighted by molar-refractivity contribution is 7.92. The first-order valence-corrected chi connectivity index (χ1v) is 11.5. The van der Waals surface area contributed by atoms with Gasteiger partial charge in [-0.05, 0) is 55.5 Å². The van der Waals surface area contributed by atoms with Gasteiger partial charge in [0.15, 0.2) is 0 Å². The van der Waals surface area contributed by atoms with E-state index < -0.39 is 22.5 Å². The highest BCUT2D eigenvalue weighted by Gasteiger charge is 2.21. The maximum atomic E-state index is 12.4. The predicted octanol–water partition coefficient (Wildman–Crippen LogP) is 3.49. The number of hydrogen-bond acceptors (Lipinski definition) is 6. The van der Waals surface area contributed by atoms with E-state index in [2.05, 4.69) is 10.5 Å². The summed E-state index contributed by atoms with van der Waals surface area (Å²) in [5.41, 5.74) is 3.48. The van der Waals surface area contributed by atoms with Gasteiger partial charge in [-0.1, -0.05) is 30.3 Å². The number of carbonyl (C=O) groups is 1. The van der Waals surface area contributed by atoms with Gasteiger partial charge >= 0.3 is 0 Å². The molecule has 3 aromatic rings. The molecular weight excluding hydrogens is 430 g/mol. The van der Waals surface area contributed by atoms with Gasteiger partial charge in [-0.2, -0.15) is 5.10 Å². The molecule has 0 aliphatic carbocycles. The zero-order chi connectivity index (χ0) is 23.1. The van der Waals surface area contributed by atoms with Crippen molar-refractivity contribution in [2.45, 2.75) is 6.92 Å². The number of hydrogen-bond donors (Lipinski definition) is 2. The van der Waals surface area contributed by atoms with Gasteiger partial charge in [-0.15, -0.1) is 0 Å². The van der Waals surface area contributed by atoms with Crippen LogP contribution in [0, 0.1) is 0 Å². The number of phenols is 1. The van der Waals surface area contributed by atoms with Crippen LogP contribution < -0.4 is 14.5 Å². The molecule has 166 valence electrons. The second kappa shape index (κ2) is 9.97. The number of anilines is 1. The molecule has 0 saturated carbocycles. The highest BCUT2D eigenvalue weighted by Crippen LogP contribution is 2.25. The van der Waals surface area contributed by atoms with Crippen LogP contribution in [0.15, 0.2) is 84.0 Å². The molecule has 32 heavy (non-hydrogen) atoms. The lowest BCUT2D eigenvalue weighted by atomic mass is 10.1. The first-order valence-electron chi connectivity index (χ1n) is 9.66. The Balaban J connectivity index is 1.71. The number of para-hydroxylation sites is 2. The predicted molar refractivity (Wildman–Crippen MR) is 124 cm³/mol. The van der Waals surface area contributed by atoms with Crippen molar-refractivity contribution in [1.29, 1.82) is 0 Å². The summed E-state index contributed by atoms with van der Waals surface area (Å²) in [5.74, 6) is 0.575. The van der Waals surface area contributed by atoms with Crippen molar-refractivity contribution < 1.29 is 23.1 Å². The van der Waals surface area contributed by atoms with Crippen LogP contribution in [-0.2, 0) is 14.8 Å².